The fraction of sp³-hybridized carbons (Fsp3) is 0.440. The van der Waals surface area contributed by atoms with E-state index >= 15 is 0 Å². The predicted octanol–water partition coefficient (Wildman–Crippen LogP) is 4.44. The summed E-state index contributed by atoms with van der Waals surface area (Å²) in [5.74, 6) is 0.0511. The Kier molecular flexibility index (Phi) is 5.97. The molecule has 0 radical (unpaired) electrons. The van der Waals surface area contributed by atoms with Crippen LogP contribution in [0.4, 0.5) is 0 Å². The van der Waals surface area contributed by atoms with Gasteiger partial charge in [0.1, 0.15) is 0 Å². The van der Waals surface area contributed by atoms with Crippen molar-refractivity contribution in [1.29, 1.82) is 5.26 Å². The number of fused-ring (bicyclic) bond motifs is 1. The van der Waals surface area contributed by atoms with E-state index < -0.39 is 0 Å². The molecule has 150 valence electrons. The maximum Gasteiger partial charge on any atom is 0.251 e. The summed E-state index contributed by atoms with van der Waals surface area (Å²) < 4.78 is 0. The van der Waals surface area contributed by atoms with E-state index in [9.17, 15) is 10.1 Å². The van der Waals surface area contributed by atoms with Crippen molar-refractivity contribution in [2.24, 2.45) is 0 Å². The summed E-state index contributed by atoms with van der Waals surface area (Å²) in [6.45, 7) is 2.92. The largest absolute Gasteiger partial charge is 0.347 e. The summed E-state index contributed by atoms with van der Waals surface area (Å²) in [6, 6.07) is 17.9. The van der Waals surface area contributed by atoms with E-state index in [0.29, 0.717) is 0 Å². The minimum atomic E-state index is -0.0973. The first kappa shape index (κ1) is 19.7. The van der Waals surface area contributed by atoms with Crippen LogP contribution in [0.1, 0.15) is 65.6 Å². The van der Waals surface area contributed by atoms with Crippen molar-refractivity contribution < 1.29 is 4.79 Å². The van der Waals surface area contributed by atoms with Gasteiger partial charge in [-0.25, -0.2) is 0 Å². The topological polar surface area (TPSA) is 56.1 Å². The number of hydrogen-bond acceptors (Lipinski definition) is 3. The molecule has 2 aromatic rings. The summed E-state index contributed by atoms with van der Waals surface area (Å²) in [7, 11) is 0. The van der Waals surface area contributed by atoms with Crippen LogP contribution in [-0.4, -0.2) is 29.4 Å². The van der Waals surface area contributed by atoms with E-state index in [-0.39, 0.29) is 11.4 Å². The first-order chi connectivity index (χ1) is 14.2. The molecule has 0 aromatic heterocycles. The predicted molar refractivity (Wildman–Crippen MR) is 114 cm³/mol. The van der Waals surface area contributed by atoms with Crippen LogP contribution in [0.2, 0.25) is 0 Å². The fourth-order valence-electron chi connectivity index (χ4n) is 4.82. The van der Waals surface area contributed by atoms with Gasteiger partial charge in [0.25, 0.3) is 5.91 Å². The first-order valence-electron chi connectivity index (χ1n) is 10.8. The number of hydrogen-bond donors (Lipinski definition) is 1. The number of rotatable bonds is 5. The fourth-order valence-corrected chi connectivity index (χ4v) is 4.82. The molecule has 0 atom stereocenters. The molecule has 2 aliphatic rings. The number of nitriles is 1. The Labute approximate surface area is 173 Å². The van der Waals surface area contributed by atoms with Crippen molar-refractivity contribution in [2.45, 2.75) is 57.0 Å². The molecule has 1 N–H and O–H groups in total. The van der Waals surface area contributed by atoms with E-state index in [1.165, 1.54) is 30.4 Å². The summed E-state index contributed by atoms with van der Waals surface area (Å²) in [6.07, 6.45) is 7.77. The highest BCUT2D eigenvalue weighted by atomic mass is 16.1. The molecule has 4 nitrogen and oxygen atoms in total. The van der Waals surface area contributed by atoms with Gasteiger partial charge in [-0.2, -0.15) is 5.26 Å². The van der Waals surface area contributed by atoms with Crippen molar-refractivity contribution in [3.8, 4) is 6.07 Å². The van der Waals surface area contributed by atoms with Gasteiger partial charge in [-0.05, 0) is 61.1 Å². The molecule has 0 unspecified atom stereocenters. The lowest BCUT2D eigenvalue weighted by Gasteiger charge is -2.40. The number of benzene rings is 2. The van der Waals surface area contributed by atoms with Gasteiger partial charge >= 0.3 is 0 Å². The third-order valence-corrected chi connectivity index (χ3v) is 6.56. The van der Waals surface area contributed by atoms with E-state index in [4.69, 9.17) is 0 Å². The van der Waals surface area contributed by atoms with E-state index in [2.05, 4.69) is 22.4 Å². The van der Waals surface area contributed by atoms with Gasteiger partial charge < -0.3 is 5.32 Å². The Balaban J connectivity index is 1.42. The third kappa shape index (κ3) is 4.68. The Morgan fingerprint density at radius 1 is 1.07 bits per heavy atom. The van der Waals surface area contributed by atoms with Crippen LogP contribution >= 0.6 is 0 Å². The second-order valence-corrected chi connectivity index (χ2v) is 8.53. The van der Waals surface area contributed by atoms with Crippen LogP contribution in [0.25, 0.3) is 0 Å². The normalized spacial score (nSPS) is 18.4. The first-order valence-corrected chi connectivity index (χ1v) is 10.8. The van der Waals surface area contributed by atoms with E-state index in [1.54, 1.807) is 0 Å². The summed E-state index contributed by atoms with van der Waals surface area (Å²) >= 11 is 0. The molecule has 0 bridgehead atoms. The Hall–Kier alpha value is -2.64. The van der Waals surface area contributed by atoms with Crippen LogP contribution < -0.4 is 5.32 Å². The monoisotopic (exact) mass is 387 g/mol. The van der Waals surface area contributed by atoms with Gasteiger partial charge in [0.15, 0.2) is 0 Å². The van der Waals surface area contributed by atoms with Gasteiger partial charge in [-0.15, -0.1) is 0 Å². The van der Waals surface area contributed by atoms with Crippen molar-refractivity contribution in [3.05, 3.63) is 70.8 Å². The molecule has 1 saturated carbocycles. The van der Waals surface area contributed by atoms with Crippen LogP contribution in [0.3, 0.4) is 0 Å². The van der Waals surface area contributed by atoms with Crippen LogP contribution in [0.15, 0.2) is 48.5 Å². The van der Waals surface area contributed by atoms with Crippen molar-refractivity contribution in [3.63, 3.8) is 0 Å². The second-order valence-electron chi connectivity index (χ2n) is 8.53. The maximum absolute atomic E-state index is 12.8. The molecule has 4 heteroatoms. The minimum Gasteiger partial charge on any atom is -0.347 e. The van der Waals surface area contributed by atoms with E-state index in [1.807, 2.05) is 42.5 Å². The van der Waals surface area contributed by atoms with E-state index in [0.717, 1.165) is 56.4 Å². The standard InChI is InChI=1S/C25H29N3O/c26-18-20-9-10-21-11-15-28(19-23(21)17-20)16-14-25(12-5-2-6-13-25)27-24(29)22-7-3-1-4-8-22/h1,3-4,7-10,17H,2,5-6,11-16,19H2,(H,27,29). The molecule has 1 aliphatic heterocycles. The molecular formula is C25H29N3O. The molecule has 29 heavy (non-hydrogen) atoms. The summed E-state index contributed by atoms with van der Waals surface area (Å²) in [5.41, 5.74) is 4.03. The lowest BCUT2D eigenvalue weighted by atomic mass is 9.78. The number of nitrogens with one attached hydrogen (secondary N) is 1. The molecule has 1 fully saturated rings. The Morgan fingerprint density at radius 3 is 2.62 bits per heavy atom. The van der Waals surface area contributed by atoms with Gasteiger partial charge in [-0.1, -0.05) is 43.5 Å². The Bertz CT molecular complexity index is 894. The average molecular weight is 388 g/mol. The zero-order chi connectivity index (χ0) is 20.1. The molecule has 1 heterocycles. The molecule has 0 saturated heterocycles. The molecule has 4 rings (SSSR count). The maximum atomic E-state index is 12.8. The lowest BCUT2D eigenvalue weighted by molar-refractivity contribution is 0.0840. The molecule has 0 spiro atoms. The van der Waals surface area contributed by atoms with Crippen molar-refractivity contribution in [1.82, 2.24) is 10.2 Å². The van der Waals surface area contributed by atoms with Gasteiger partial charge in [-0.3, -0.25) is 9.69 Å². The van der Waals surface area contributed by atoms with Crippen molar-refractivity contribution in [2.75, 3.05) is 13.1 Å². The average Bonchev–Trinajstić information content (AvgIpc) is 2.78. The summed E-state index contributed by atoms with van der Waals surface area (Å²) in [4.78, 5) is 15.3. The summed E-state index contributed by atoms with van der Waals surface area (Å²) in [5, 5.41) is 12.6. The highest BCUT2D eigenvalue weighted by Crippen LogP contribution is 2.32. The third-order valence-electron chi connectivity index (χ3n) is 6.56. The van der Waals surface area contributed by atoms with Crippen LogP contribution in [-0.2, 0) is 13.0 Å². The zero-order valence-electron chi connectivity index (χ0n) is 17.0. The Morgan fingerprint density at radius 2 is 1.86 bits per heavy atom. The zero-order valence-corrected chi connectivity index (χ0v) is 17.0. The number of nitrogens with zero attached hydrogens (tertiary/aromatic N) is 2. The van der Waals surface area contributed by atoms with Crippen molar-refractivity contribution >= 4 is 5.91 Å². The van der Waals surface area contributed by atoms with Crippen LogP contribution in [0, 0.1) is 11.3 Å². The highest BCUT2D eigenvalue weighted by Gasteiger charge is 2.34. The SMILES string of the molecule is N#Cc1ccc2c(c1)CN(CCC1(NC(=O)c3ccccc3)CCCCC1)CC2. The molecule has 2 aromatic carbocycles. The lowest BCUT2D eigenvalue weighted by Crippen LogP contribution is -2.51. The number of carbonyl (C=O) groups excluding carboxylic acids is 1. The number of carbonyl (C=O) groups is 1. The molecule has 1 aliphatic carbocycles. The van der Waals surface area contributed by atoms with Crippen LogP contribution in [0.5, 0.6) is 0 Å². The minimum absolute atomic E-state index is 0.0511. The molecular weight excluding hydrogens is 358 g/mol. The smallest absolute Gasteiger partial charge is 0.251 e. The second kappa shape index (κ2) is 8.80. The van der Waals surface area contributed by atoms with Gasteiger partial charge in [0, 0.05) is 30.7 Å². The quantitative estimate of drug-likeness (QED) is 0.825. The number of amides is 1. The highest BCUT2D eigenvalue weighted by molar-refractivity contribution is 5.94. The molecule has 1 amide bonds. The van der Waals surface area contributed by atoms with Gasteiger partial charge in [0.2, 0.25) is 0 Å². The van der Waals surface area contributed by atoms with Gasteiger partial charge in [0.05, 0.1) is 11.6 Å².